The normalized spacial score (nSPS) is 29.5. The van der Waals surface area contributed by atoms with E-state index in [1.54, 1.807) is 0 Å². The number of carboxylic acids is 1. The summed E-state index contributed by atoms with van der Waals surface area (Å²) in [6.45, 7) is 2.36. The van der Waals surface area contributed by atoms with Crippen LogP contribution in [-0.2, 0) is 14.4 Å². The van der Waals surface area contributed by atoms with E-state index in [4.69, 9.17) is 5.11 Å². The summed E-state index contributed by atoms with van der Waals surface area (Å²) in [6.07, 6.45) is 4.50. The third-order valence-corrected chi connectivity index (χ3v) is 4.68. The summed E-state index contributed by atoms with van der Waals surface area (Å²) in [6, 6.07) is 0.260. The summed E-state index contributed by atoms with van der Waals surface area (Å²) < 4.78 is 0. The highest BCUT2D eigenvalue weighted by molar-refractivity contribution is 5.90. The molecule has 2 aliphatic rings. The van der Waals surface area contributed by atoms with E-state index < -0.39 is 5.97 Å². The molecule has 0 radical (unpaired) electrons. The third kappa shape index (κ3) is 3.74. The Hall–Kier alpha value is -1.59. The summed E-state index contributed by atoms with van der Waals surface area (Å²) in [5, 5.41) is 8.74. The second-order valence-electron chi connectivity index (χ2n) is 6.45. The maximum atomic E-state index is 12.2. The number of amides is 2. The topological polar surface area (TPSA) is 77.9 Å². The maximum absolute atomic E-state index is 12.2. The first kappa shape index (κ1) is 15.8. The van der Waals surface area contributed by atoms with Crippen molar-refractivity contribution in [3.05, 3.63) is 0 Å². The predicted octanol–water partition coefficient (Wildman–Crippen LogP) is 0.957. The Morgan fingerprint density at radius 3 is 2.48 bits per heavy atom. The molecule has 1 heterocycles. The largest absolute Gasteiger partial charge is 0.480 e. The van der Waals surface area contributed by atoms with Gasteiger partial charge in [0.1, 0.15) is 6.54 Å². The van der Waals surface area contributed by atoms with Gasteiger partial charge in [0.05, 0.1) is 5.92 Å². The molecule has 118 valence electrons. The SMILES string of the molecule is CC1CCC(N2CC(C(=O)N(C)CC(=O)O)CC2=O)CC1. The zero-order valence-corrected chi connectivity index (χ0v) is 12.7. The summed E-state index contributed by atoms with van der Waals surface area (Å²) in [7, 11) is 1.48. The number of nitrogens with zero attached hydrogens (tertiary/aromatic N) is 2. The quantitative estimate of drug-likeness (QED) is 0.838. The van der Waals surface area contributed by atoms with Gasteiger partial charge >= 0.3 is 5.97 Å². The molecular formula is C15H24N2O4. The van der Waals surface area contributed by atoms with Crippen LogP contribution < -0.4 is 0 Å². The van der Waals surface area contributed by atoms with Gasteiger partial charge in [0.25, 0.3) is 0 Å². The van der Waals surface area contributed by atoms with Gasteiger partial charge in [-0.3, -0.25) is 14.4 Å². The lowest BCUT2D eigenvalue weighted by Crippen LogP contribution is -2.41. The van der Waals surface area contributed by atoms with Crippen LogP contribution in [0.1, 0.15) is 39.0 Å². The highest BCUT2D eigenvalue weighted by atomic mass is 16.4. The summed E-state index contributed by atoms with van der Waals surface area (Å²) in [5.74, 6) is -0.901. The van der Waals surface area contributed by atoms with Crippen LogP contribution in [0.15, 0.2) is 0 Å². The minimum Gasteiger partial charge on any atom is -0.480 e. The molecule has 0 spiro atoms. The molecule has 1 aliphatic heterocycles. The molecule has 0 aromatic carbocycles. The van der Waals surface area contributed by atoms with E-state index in [9.17, 15) is 14.4 Å². The molecule has 0 aromatic heterocycles. The first-order chi connectivity index (χ1) is 9.88. The number of aliphatic carboxylic acids is 1. The van der Waals surface area contributed by atoms with Crippen molar-refractivity contribution in [2.45, 2.75) is 45.1 Å². The Morgan fingerprint density at radius 1 is 1.29 bits per heavy atom. The molecule has 21 heavy (non-hydrogen) atoms. The smallest absolute Gasteiger partial charge is 0.323 e. The zero-order chi connectivity index (χ0) is 15.6. The highest BCUT2D eigenvalue weighted by Gasteiger charge is 2.39. The van der Waals surface area contributed by atoms with Gasteiger partial charge in [-0.05, 0) is 31.6 Å². The van der Waals surface area contributed by atoms with Crippen LogP contribution >= 0.6 is 0 Å². The molecule has 2 fully saturated rings. The van der Waals surface area contributed by atoms with Crippen molar-refractivity contribution in [3.63, 3.8) is 0 Å². The average Bonchev–Trinajstić information content (AvgIpc) is 2.80. The number of hydrogen-bond acceptors (Lipinski definition) is 3. The fourth-order valence-electron chi connectivity index (χ4n) is 3.40. The minimum atomic E-state index is -1.03. The van der Waals surface area contributed by atoms with Gasteiger partial charge in [-0.2, -0.15) is 0 Å². The van der Waals surface area contributed by atoms with E-state index in [2.05, 4.69) is 6.92 Å². The van der Waals surface area contributed by atoms with Gasteiger partial charge in [0, 0.05) is 26.1 Å². The number of carboxylic acid groups (broad SMARTS) is 1. The molecule has 1 N–H and O–H groups in total. The molecular weight excluding hydrogens is 272 g/mol. The molecule has 6 heteroatoms. The van der Waals surface area contributed by atoms with Crippen molar-refractivity contribution in [2.24, 2.45) is 11.8 Å². The number of likely N-dealkylation sites (N-methyl/N-ethyl adjacent to an activating group) is 1. The van der Waals surface area contributed by atoms with Gasteiger partial charge in [-0.1, -0.05) is 6.92 Å². The van der Waals surface area contributed by atoms with Crippen LogP contribution in [0, 0.1) is 11.8 Å². The lowest BCUT2D eigenvalue weighted by atomic mass is 9.87. The highest BCUT2D eigenvalue weighted by Crippen LogP contribution is 2.31. The van der Waals surface area contributed by atoms with Crippen LogP contribution in [0.5, 0.6) is 0 Å². The third-order valence-electron chi connectivity index (χ3n) is 4.68. The van der Waals surface area contributed by atoms with Gasteiger partial charge in [0.2, 0.25) is 11.8 Å². The Morgan fingerprint density at radius 2 is 1.90 bits per heavy atom. The molecule has 1 aliphatic carbocycles. The fourth-order valence-corrected chi connectivity index (χ4v) is 3.40. The molecule has 6 nitrogen and oxygen atoms in total. The second kappa shape index (κ2) is 6.45. The Balaban J connectivity index is 1.93. The Labute approximate surface area is 125 Å². The van der Waals surface area contributed by atoms with Crippen molar-refractivity contribution < 1.29 is 19.5 Å². The van der Waals surface area contributed by atoms with Crippen molar-refractivity contribution >= 4 is 17.8 Å². The van der Waals surface area contributed by atoms with Crippen molar-refractivity contribution in [1.82, 2.24) is 9.80 Å². The van der Waals surface area contributed by atoms with E-state index in [1.807, 2.05) is 4.90 Å². The number of likely N-dealkylation sites (tertiary alicyclic amines) is 1. The van der Waals surface area contributed by atoms with Gasteiger partial charge in [-0.25, -0.2) is 0 Å². The number of carbonyl (C=O) groups excluding carboxylic acids is 2. The fraction of sp³-hybridized carbons (Fsp3) is 0.800. The van der Waals surface area contributed by atoms with E-state index in [1.165, 1.54) is 11.9 Å². The van der Waals surface area contributed by atoms with E-state index in [0.717, 1.165) is 31.6 Å². The molecule has 1 unspecified atom stereocenters. The zero-order valence-electron chi connectivity index (χ0n) is 12.7. The maximum Gasteiger partial charge on any atom is 0.323 e. The molecule has 1 saturated carbocycles. The van der Waals surface area contributed by atoms with Crippen molar-refractivity contribution in [2.75, 3.05) is 20.1 Å². The standard InChI is InChI=1S/C15H24N2O4/c1-10-3-5-12(6-4-10)17-8-11(7-13(17)18)15(21)16(2)9-14(19)20/h10-12H,3-9H2,1-2H3,(H,19,20). The van der Waals surface area contributed by atoms with Crippen LogP contribution in [-0.4, -0.2) is 58.9 Å². The summed E-state index contributed by atoms with van der Waals surface area (Å²) >= 11 is 0. The lowest BCUT2D eigenvalue weighted by Gasteiger charge is -2.33. The second-order valence-corrected chi connectivity index (χ2v) is 6.45. The van der Waals surface area contributed by atoms with E-state index in [0.29, 0.717) is 6.54 Å². The average molecular weight is 296 g/mol. The Kier molecular flexibility index (Phi) is 4.85. The van der Waals surface area contributed by atoms with Crippen LogP contribution in [0.4, 0.5) is 0 Å². The molecule has 1 atom stereocenters. The van der Waals surface area contributed by atoms with Crippen LogP contribution in [0.25, 0.3) is 0 Å². The molecule has 1 saturated heterocycles. The van der Waals surface area contributed by atoms with Crippen molar-refractivity contribution in [3.8, 4) is 0 Å². The number of rotatable bonds is 4. The van der Waals surface area contributed by atoms with Crippen LogP contribution in [0.2, 0.25) is 0 Å². The van der Waals surface area contributed by atoms with Gasteiger partial charge < -0.3 is 14.9 Å². The lowest BCUT2D eigenvalue weighted by molar-refractivity contribution is -0.145. The number of hydrogen-bond donors (Lipinski definition) is 1. The molecule has 2 amide bonds. The first-order valence-corrected chi connectivity index (χ1v) is 7.64. The first-order valence-electron chi connectivity index (χ1n) is 7.64. The van der Waals surface area contributed by atoms with Crippen LogP contribution in [0.3, 0.4) is 0 Å². The molecule has 2 rings (SSSR count). The molecule has 0 aromatic rings. The molecule has 0 bridgehead atoms. The van der Waals surface area contributed by atoms with Gasteiger partial charge in [0.15, 0.2) is 0 Å². The Bertz CT molecular complexity index is 429. The van der Waals surface area contributed by atoms with Crippen molar-refractivity contribution in [1.29, 1.82) is 0 Å². The van der Waals surface area contributed by atoms with Gasteiger partial charge in [-0.15, -0.1) is 0 Å². The predicted molar refractivity (Wildman–Crippen MR) is 76.5 cm³/mol. The van der Waals surface area contributed by atoms with E-state index in [-0.39, 0.29) is 36.7 Å². The monoisotopic (exact) mass is 296 g/mol. The number of carbonyl (C=O) groups is 3. The summed E-state index contributed by atoms with van der Waals surface area (Å²) in [4.78, 5) is 38.1. The minimum absolute atomic E-state index is 0.0385. The summed E-state index contributed by atoms with van der Waals surface area (Å²) in [5.41, 5.74) is 0. The van der Waals surface area contributed by atoms with E-state index >= 15 is 0 Å².